The van der Waals surface area contributed by atoms with E-state index in [2.05, 4.69) is 22.4 Å². The van der Waals surface area contributed by atoms with Gasteiger partial charge in [-0.1, -0.05) is 42.5 Å². The van der Waals surface area contributed by atoms with Gasteiger partial charge in [-0.05, 0) is 35.7 Å². The van der Waals surface area contributed by atoms with Crippen molar-refractivity contribution in [1.82, 2.24) is 10.3 Å². The number of nitrogen functional groups attached to an aromatic ring is 1. The maximum Gasteiger partial charge on any atom is 0.270 e. The second-order valence-electron chi connectivity index (χ2n) is 6.75. The van der Waals surface area contributed by atoms with Gasteiger partial charge in [-0.15, -0.1) is 0 Å². The van der Waals surface area contributed by atoms with Crippen LogP contribution in [0.2, 0.25) is 0 Å². The van der Waals surface area contributed by atoms with Crippen molar-refractivity contribution in [1.29, 1.82) is 5.41 Å². The molecule has 1 aliphatic carbocycles. The molecule has 2 atom stereocenters. The Morgan fingerprint density at radius 3 is 2.63 bits per heavy atom. The fourth-order valence-electron chi connectivity index (χ4n) is 3.27. The molecular weight excluding hydrogens is 336 g/mol. The van der Waals surface area contributed by atoms with Crippen LogP contribution in [0.1, 0.15) is 23.5 Å². The molecule has 2 aromatic carbocycles. The molecule has 1 amide bonds. The molecule has 0 saturated heterocycles. The highest BCUT2D eigenvalue weighted by molar-refractivity contribution is 6.45. The molecule has 2 unspecified atom stereocenters. The molecule has 1 aromatic heterocycles. The SMILES string of the molecule is N=C(C(=O)NC1CC1c1ccccc1)c1cc(-c2cccnc2)ccc1N. The summed E-state index contributed by atoms with van der Waals surface area (Å²) in [5.41, 5.74) is 9.78. The fraction of sp³-hybridized carbons (Fsp3) is 0.136. The zero-order valence-corrected chi connectivity index (χ0v) is 14.7. The number of nitrogens with one attached hydrogen (secondary N) is 2. The van der Waals surface area contributed by atoms with Crippen molar-refractivity contribution in [2.45, 2.75) is 18.4 Å². The first-order valence-electron chi connectivity index (χ1n) is 8.88. The summed E-state index contributed by atoms with van der Waals surface area (Å²) >= 11 is 0. The standard InChI is InChI=1S/C22H20N4O/c23-19-9-8-15(16-7-4-10-25-13-16)11-18(19)21(24)22(27)26-20-12-17(20)14-5-2-1-3-6-14/h1-11,13,17,20,24H,12,23H2,(H,26,27). The number of nitrogens with zero attached hydrogens (tertiary/aromatic N) is 1. The molecule has 5 nitrogen and oxygen atoms in total. The van der Waals surface area contributed by atoms with Gasteiger partial charge in [0.1, 0.15) is 5.71 Å². The van der Waals surface area contributed by atoms with E-state index in [-0.39, 0.29) is 11.8 Å². The first-order valence-corrected chi connectivity index (χ1v) is 8.88. The Balaban J connectivity index is 1.49. The van der Waals surface area contributed by atoms with Crippen LogP contribution in [0.3, 0.4) is 0 Å². The van der Waals surface area contributed by atoms with Crippen LogP contribution in [-0.2, 0) is 4.79 Å². The largest absolute Gasteiger partial charge is 0.398 e. The van der Waals surface area contributed by atoms with Gasteiger partial charge in [0, 0.05) is 41.2 Å². The van der Waals surface area contributed by atoms with Gasteiger partial charge in [-0.2, -0.15) is 0 Å². The number of benzene rings is 2. The summed E-state index contributed by atoms with van der Waals surface area (Å²) in [5.74, 6) is -0.0736. The predicted octanol–water partition coefficient (Wildman–Crippen LogP) is 3.37. The maximum absolute atomic E-state index is 12.6. The zero-order valence-electron chi connectivity index (χ0n) is 14.7. The van der Waals surface area contributed by atoms with Gasteiger partial charge >= 0.3 is 0 Å². The third-order valence-electron chi connectivity index (χ3n) is 4.88. The van der Waals surface area contributed by atoms with Gasteiger partial charge in [0.25, 0.3) is 5.91 Å². The van der Waals surface area contributed by atoms with Crippen LogP contribution in [0.25, 0.3) is 11.1 Å². The Hall–Kier alpha value is -3.47. The van der Waals surface area contributed by atoms with Crippen molar-refractivity contribution in [3.63, 3.8) is 0 Å². The minimum atomic E-state index is -0.395. The topological polar surface area (TPSA) is 91.9 Å². The average Bonchev–Trinajstić information content (AvgIpc) is 3.48. The summed E-state index contributed by atoms with van der Waals surface area (Å²) in [6, 6.07) is 19.3. The maximum atomic E-state index is 12.6. The van der Waals surface area contributed by atoms with E-state index in [1.54, 1.807) is 24.5 Å². The molecule has 4 N–H and O–H groups in total. The van der Waals surface area contributed by atoms with E-state index >= 15 is 0 Å². The number of aromatic nitrogens is 1. The summed E-state index contributed by atoms with van der Waals surface area (Å²) in [5, 5.41) is 11.3. The van der Waals surface area contributed by atoms with Crippen molar-refractivity contribution in [3.05, 3.63) is 84.2 Å². The van der Waals surface area contributed by atoms with Gasteiger partial charge in [0.15, 0.2) is 0 Å². The van der Waals surface area contributed by atoms with Crippen LogP contribution in [0, 0.1) is 5.41 Å². The van der Waals surface area contributed by atoms with Crippen molar-refractivity contribution >= 4 is 17.3 Å². The lowest BCUT2D eigenvalue weighted by molar-refractivity contribution is -0.114. The van der Waals surface area contributed by atoms with Gasteiger partial charge in [-0.3, -0.25) is 15.2 Å². The first-order chi connectivity index (χ1) is 13.1. The molecule has 134 valence electrons. The second kappa shape index (κ2) is 7.03. The number of hydrogen-bond acceptors (Lipinski definition) is 4. The lowest BCUT2D eigenvalue weighted by Crippen LogP contribution is -2.33. The molecule has 1 aliphatic rings. The molecule has 0 aliphatic heterocycles. The van der Waals surface area contributed by atoms with Gasteiger partial charge in [-0.25, -0.2) is 0 Å². The molecule has 27 heavy (non-hydrogen) atoms. The number of hydrogen-bond donors (Lipinski definition) is 3. The highest BCUT2D eigenvalue weighted by Gasteiger charge is 2.40. The van der Waals surface area contributed by atoms with Crippen LogP contribution >= 0.6 is 0 Å². The molecule has 5 heteroatoms. The van der Waals surface area contributed by atoms with Crippen LogP contribution in [0.4, 0.5) is 5.69 Å². The molecule has 4 rings (SSSR count). The molecule has 3 aromatic rings. The predicted molar refractivity (Wildman–Crippen MR) is 107 cm³/mol. The smallest absolute Gasteiger partial charge is 0.270 e. The molecule has 0 radical (unpaired) electrons. The summed E-state index contributed by atoms with van der Waals surface area (Å²) < 4.78 is 0. The summed E-state index contributed by atoms with van der Waals surface area (Å²) in [6.07, 6.45) is 4.35. The minimum absolute atomic E-state index is 0.0722. The monoisotopic (exact) mass is 356 g/mol. The number of carbonyl (C=O) groups is 1. The van der Waals surface area contributed by atoms with Crippen LogP contribution < -0.4 is 11.1 Å². The fourth-order valence-corrected chi connectivity index (χ4v) is 3.27. The summed E-state index contributed by atoms with van der Waals surface area (Å²) in [4.78, 5) is 16.7. The second-order valence-corrected chi connectivity index (χ2v) is 6.75. The molecule has 1 fully saturated rings. The number of anilines is 1. The van der Waals surface area contributed by atoms with Gasteiger partial charge in [0.2, 0.25) is 0 Å². The number of nitrogens with two attached hydrogens (primary N) is 1. The highest BCUT2D eigenvalue weighted by Crippen LogP contribution is 2.40. The number of pyridine rings is 1. The Bertz CT molecular complexity index is 986. The van der Waals surface area contributed by atoms with Gasteiger partial charge in [0.05, 0.1) is 0 Å². The lowest BCUT2D eigenvalue weighted by Gasteiger charge is -2.11. The third-order valence-corrected chi connectivity index (χ3v) is 4.88. The quantitative estimate of drug-likeness (QED) is 0.483. The van der Waals surface area contributed by atoms with Crippen molar-refractivity contribution in [2.75, 3.05) is 5.73 Å². The Labute approximate surface area is 157 Å². The number of rotatable bonds is 5. The Morgan fingerprint density at radius 2 is 1.89 bits per heavy atom. The molecule has 0 bridgehead atoms. The molecule has 1 saturated carbocycles. The van der Waals surface area contributed by atoms with Crippen molar-refractivity contribution < 1.29 is 4.79 Å². The zero-order chi connectivity index (χ0) is 18.8. The first kappa shape index (κ1) is 17.0. The lowest BCUT2D eigenvalue weighted by atomic mass is 10.00. The van der Waals surface area contributed by atoms with Crippen LogP contribution in [0.15, 0.2) is 73.1 Å². The van der Waals surface area contributed by atoms with E-state index < -0.39 is 5.91 Å². The van der Waals surface area contributed by atoms with E-state index in [0.717, 1.165) is 17.5 Å². The van der Waals surface area contributed by atoms with Gasteiger partial charge < -0.3 is 11.1 Å². The Morgan fingerprint density at radius 1 is 1.07 bits per heavy atom. The Kier molecular flexibility index (Phi) is 4.42. The van der Waals surface area contributed by atoms with Crippen LogP contribution in [-0.4, -0.2) is 22.6 Å². The van der Waals surface area contributed by atoms with E-state index in [9.17, 15) is 4.79 Å². The highest BCUT2D eigenvalue weighted by atomic mass is 16.2. The third kappa shape index (κ3) is 3.58. The van der Waals surface area contributed by atoms with E-state index in [1.165, 1.54) is 5.56 Å². The van der Waals surface area contributed by atoms with Crippen LogP contribution in [0.5, 0.6) is 0 Å². The molecular formula is C22H20N4O. The van der Waals surface area contributed by atoms with E-state index in [4.69, 9.17) is 11.1 Å². The normalized spacial score (nSPS) is 17.9. The number of amides is 1. The molecule has 0 spiro atoms. The molecule has 1 heterocycles. The van der Waals surface area contributed by atoms with Crippen molar-refractivity contribution in [3.8, 4) is 11.1 Å². The van der Waals surface area contributed by atoms with E-state index in [1.807, 2.05) is 36.4 Å². The minimum Gasteiger partial charge on any atom is -0.398 e. The van der Waals surface area contributed by atoms with E-state index in [0.29, 0.717) is 17.2 Å². The average molecular weight is 356 g/mol. The summed E-state index contributed by atoms with van der Waals surface area (Å²) in [7, 11) is 0. The summed E-state index contributed by atoms with van der Waals surface area (Å²) in [6.45, 7) is 0. The van der Waals surface area contributed by atoms with Crippen molar-refractivity contribution in [2.24, 2.45) is 0 Å². The number of carbonyl (C=O) groups excluding carboxylic acids is 1.